The maximum Gasteiger partial charge on any atom is 0.332 e. The van der Waals surface area contributed by atoms with Crippen molar-refractivity contribution in [2.75, 3.05) is 7.05 Å². The molecule has 1 amide bonds. The second-order valence-electron chi connectivity index (χ2n) is 9.84. The van der Waals surface area contributed by atoms with Crippen molar-refractivity contribution in [2.24, 2.45) is 20.0 Å². The number of aromatic nitrogens is 6. The van der Waals surface area contributed by atoms with Gasteiger partial charge in [0, 0.05) is 50.5 Å². The van der Waals surface area contributed by atoms with Crippen molar-refractivity contribution in [3.05, 3.63) is 79.7 Å². The Morgan fingerprint density at radius 1 is 1.16 bits per heavy atom. The molecule has 5 aromatic rings. The standard InChI is InChI=1S/C27H26ClN7O3/c1-29-25(36)17-10-21(32(2)13-17)23-22-24(34(12-15-4-5-15)27(38)33(3)26(22)37)31-35(23)14-16-8-9-30-20-7-6-18(28)11-19(16)20/h6-11,13,15H,4-5,12,14H2,1-3H3,(H,29,36). The van der Waals surface area contributed by atoms with E-state index < -0.39 is 5.56 Å². The minimum absolute atomic E-state index is 0.240. The number of aryl methyl sites for hydroxylation is 1. The third kappa shape index (κ3) is 3.92. The lowest BCUT2D eigenvalue weighted by molar-refractivity contribution is 0.0963. The number of benzene rings is 1. The number of carbonyl (C=O) groups is 1. The summed E-state index contributed by atoms with van der Waals surface area (Å²) in [6.07, 6.45) is 5.52. The number of hydrogen-bond donors (Lipinski definition) is 1. The van der Waals surface area contributed by atoms with Crippen molar-refractivity contribution < 1.29 is 4.79 Å². The quantitative estimate of drug-likeness (QED) is 0.362. The highest BCUT2D eigenvalue weighted by Crippen LogP contribution is 2.33. The molecule has 194 valence electrons. The Morgan fingerprint density at radius 3 is 2.68 bits per heavy atom. The Hall–Kier alpha value is -4.18. The lowest BCUT2D eigenvalue weighted by Crippen LogP contribution is -2.38. The molecule has 0 radical (unpaired) electrons. The molecule has 4 heterocycles. The summed E-state index contributed by atoms with van der Waals surface area (Å²) in [7, 11) is 4.88. The molecule has 6 rings (SSSR count). The SMILES string of the molecule is CNC(=O)c1cc(-c2c3c(=O)n(C)c(=O)n(CC4CC4)c3nn2Cc2ccnc3ccc(Cl)cc23)n(C)c1. The summed E-state index contributed by atoms with van der Waals surface area (Å²) >= 11 is 6.31. The molecule has 38 heavy (non-hydrogen) atoms. The Labute approximate surface area is 222 Å². The number of pyridine rings is 1. The van der Waals surface area contributed by atoms with Gasteiger partial charge in [0.1, 0.15) is 11.1 Å². The summed E-state index contributed by atoms with van der Waals surface area (Å²) in [6.45, 7) is 0.801. The van der Waals surface area contributed by atoms with Gasteiger partial charge in [-0.2, -0.15) is 5.10 Å². The van der Waals surface area contributed by atoms with Crippen molar-refractivity contribution in [1.29, 1.82) is 0 Å². The zero-order valence-corrected chi connectivity index (χ0v) is 22.0. The van der Waals surface area contributed by atoms with Gasteiger partial charge in [-0.25, -0.2) is 4.79 Å². The molecule has 11 heteroatoms. The van der Waals surface area contributed by atoms with Crippen LogP contribution in [0.15, 0.2) is 52.3 Å². The lowest BCUT2D eigenvalue weighted by atomic mass is 10.1. The molecule has 1 saturated carbocycles. The Kier molecular flexibility index (Phi) is 5.71. The van der Waals surface area contributed by atoms with E-state index in [1.54, 1.807) is 45.4 Å². The average Bonchev–Trinajstić information content (AvgIpc) is 3.55. The summed E-state index contributed by atoms with van der Waals surface area (Å²) in [5.74, 6) is 0.152. The number of amides is 1. The zero-order valence-electron chi connectivity index (χ0n) is 21.2. The lowest BCUT2D eigenvalue weighted by Gasteiger charge is -2.11. The highest BCUT2D eigenvalue weighted by Gasteiger charge is 2.28. The van der Waals surface area contributed by atoms with E-state index in [1.807, 2.05) is 25.2 Å². The summed E-state index contributed by atoms with van der Waals surface area (Å²) in [6, 6.07) is 9.14. The van der Waals surface area contributed by atoms with Crippen LogP contribution in [-0.4, -0.2) is 41.4 Å². The number of hydrogen-bond acceptors (Lipinski definition) is 5. The van der Waals surface area contributed by atoms with Gasteiger partial charge in [-0.15, -0.1) is 0 Å². The first-order chi connectivity index (χ1) is 18.3. The number of nitrogens with zero attached hydrogens (tertiary/aromatic N) is 6. The molecule has 0 bridgehead atoms. The van der Waals surface area contributed by atoms with Gasteiger partial charge < -0.3 is 9.88 Å². The second kappa shape index (κ2) is 8.98. The van der Waals surface area contributed by atoms with E-state index in [-0.39, 0.29) is 11.6 Å². The van der Waals surface area contributed by atoms with Crippen LogP contribution in [0.5, 0.6) is 0 Å². The molecule has 1 aromatic carbocycles. The number of nitrogens with one attached hydrogen (secondary N) is 1. The third-order valence-corrected chi connectivity index (χ3v) is 7.45. The van der Waals surface area contributed by atoms with Gasteiger partial charge in [0.2, 0.25) is 0 Å². The van der Waals surface area contributed by atoms with Crippen LogP contribution in [0.3, 0.4) is 0 Å². The highest BCUT2D eigenvalue weighted by molar-refractivity contribution is 6.31. The van der Waals surface area contributed by atoms with Gasteiger partial charge >= 0.3 is 5.69 Å². The normalized spacial score (nSPS) is 13.5. The average molecular weight is 532 g/mol. The van der Waals surface area contributed by atoms with E-state index in [0.29, 0.717) is 52.0 Å². The monoisotopic (exact) mass is 531 g/mol. The Morgan fingerprint density at radius 2 is 1.95 bits per heavy atom. The van der Waals surface area contributed by atoms with E-state index in [0.717, 1.165) is 33.9 Å². The van der Waals surface area contributed by atoms with E-state index in [1.165, 1.54) is 7.05 Å². The van der Waals surface area contributed by atoms with Gasteiger partial charge in [-0.3, -0.25) is 28.4 Å². The second-order valence-corrected chi connectivity index (χ2v) is 10.3. The van der Waals surface area contributed by atoms with Gasteiger partial charge in [0.15, 0.2) is 5.65 Å². The fourth-order valence-corrected chi connectivity index (χ4v) is 5.17. The fourth-order valence-electron chi connectivity index (χ4n) is 5.00. The largest absolute Gasteiger partial charge is 0.355 e. The Bertz CT molecular complexity index is 1870. The topological polar surface area (TPSA) is 109 Å². The molecule has 1 aliphatic rings. The maximum absolute atomic E-state index is 13.6. The summed E-state index contributed by atoms with van der Waals surface area (Å²) in [5, 5.41) is 9.31. The van der Waals surface area contributed by atoms with Crippen LogP contribution >= 0.6 is 11.6 Å². The molecule has 0 unspecified atom stereocenters. The van der Waals surface area contributed by atoms with Gasteiger partial charge in [0.05, 0.1) is 23.3 Å². The summed E-state index contributed by atoms with van der Waals surface area (Å²) < 4.78 is 6.30. The smallest absolute Gasteiger partial charge is 0.332 e. The molecular formula is C27H26ClN7O3. The molecule has 0 atom stereocenters. The molecule has 10 nitrogen and oxygen atoms in total. The van der Waals surface area contributed by atoms with Crippen LogP contribution in [0.4, 0.5) is 0 Å². The molecule has 1 fully saturated rings. The van der Waals surface area contributed by atoms with Crippen LogP contribution in [0.1, 0.15) is 28.8 Å². The number of rotatable bonds is 6. The Balaban J connectivity index is 1.66. The molecule has 4 aromatic heterocycles. The minimum Gasteiger partial charge on any atom is -0.355 e. The molecule has 1 aliphatic carbocycles. The first-order valence-corrected chi connectivity index (χ1v) is 12.8. The predicted octanol–water partition coefficient (Wildman–Crippen LogP) is 2.92. The molecule has 1 N–H and O–H groups in total. The molecule has 0 spiro atoms. The van der Waals surface area contributed by atoms with Crippen molar-refractivity contribution in [2.45, 2.75) is 25.9 Å². The fraction of sp³-hybridized carbons (Fsp3) is 0.296. The van der Waals surface area contributed by atoms with Crippen LogP contribution < -0.4 is 16.6 Å². The van der Waals surface area contributed by atoms with Crippen molar-refractivity contribution in [3.63, 3.8) is 0 Å². The van der Waals surface area contributed by atoms with Crippen molar-refractivity contribution >= 4 is 39.4 Å². The van der Waals surface area contributed by atoms with E-state index in [4.69, 9.17) is 16.7 Å². The van der Waals surface area contributed by atoms with Crippen molar-refractivity contribution in [3.8, 4) is 11.4 Å². The molecule has 0 saturated heterocycles. The zero-order chi connectivity index (χ0) is 26.7. The number of halogens is 1. The van der Waals surface area contributed by atoms with Crippen LogP contribution in [0.2, 0.25) is 5.02 Å². The molecule has 0 aliphatic heterocycles. The van der Waals surface area contributed by atoms with Gasteiger partial charge in [-0.05, 0) is 54.7 Å². The minimum atomic E-state index is -0.427. The number of carbonyl (C=O) groups excluding carboxylic acids is 1. The predicted molar refractivity (Wildman–Crippen MR) is 146 cm³/mol. The van der Waals surface area contributed by atoms with E-state index in [2.05, 4.69) is 10.3 Å². The van der Waals surface area contributed by atoms with Crippen LogP contribution in [-0.2, 0) is 27.2 Å². The first-order valence-electron chi connectivity index (χ1n) is 12.4. The summed E-state index contributed by atoms with van der Waals surface area (Å²) in [4.78, 5) is 43.7. The highest BCUT2D eigenvalue weighted by atomic mass is 35.5. The van der Waals surface area contributed by atoms with E-state index in [9.17, 15) is 14.4 Å². The number of fused-ring (bicyclic) bond motifs is 2. The van der Waals surface area contributed by atoms with Crippen LogP contribution in [0, 0.1) is 5.92 Å². The summed E-state index contributed by atoms with van der Waals surface area (Å²) in [5.41, 5.74) is 2.85. The van der Waals surface area contributed by atoms with Crippen molar-refractivity contribution in [1.82, 2.24) is 33.8 Å². The van der Waals surface area contributed by atoms with Gasteiger partial charge in [-0.1, -0.05) is 11.6 Å². The maximum atomic E-state index is 13.6. The molecular weight excluding hydrogens is 506 g/mol. The van der Waals surface area contributed by atoms with E-state index >= 15 is 0 Å². The van der Waals surface area contributed by atoms with Crippen LogP contribution in [0.25, 0.3) is 33.3 Å². The van der Waals surface area contributed by atoms with Gasteiger partial charge in [0.25, 0.3) is 11.5 Å². The first kappa shape index (κ1) is 24.2. The third-order valence-electron chi connectivity index (χ3n) is 7.21.